The van der Waals surface area contributed by atoms with Crippen molar-refractivity contribution in [2.45, 2.75) is 0 Å². The van der Waals surface area contributed by atoms with E-state index < -0.39 is 16.7 Å². The number of non-ortho nitro benzene ring substituents is 1. The Kier molecular flexibility index (Phi) is 4.86. The number of nitrogens with zero attached hydrogens (tertiary/aromatic N) is 2. The molecule has 1 aliphatic heterocycles. The summed E-state index contributed by atoms with van der Waals surface area (Å²) in [5.41, 5.74) is 0.0135. The quantitative estimate of drug-likeness (QED) is 0.458. The van der Waals surface area contributed by atoms with Gasteiger partial charge in [0.2, 0.25) is 0 Å². The Bertz CT molecular complexity index is 990. The third kappa shape index (κ3) is 3.24. The standard InChI is InChI=1S/C16H8Cl3N3O4/c17-11-5-4-8(6-12(11)18)20-14-13(19)15(23)21(16(14)24)9-2-1-3-10(7-9)22(25)26/h1-7,20H. The van der Waals surface area contributed by atoms with Crippen LogP contribution in [0.3, 0.4) is 0 Å². The zero-order chi connectivity index (χ0) is 19.0. The summed E-state index contributed by atoms with van der Waals surface area (Å²) in [6.45, 7) is 0. The van der Waals surface area contributed by atoms with Crippen LogP contribution in [-0.4, -0.2) is 16.7 Å². The number of hydrogen-bond donors (Lipinski definition) is 1. The summed E-state index contributed by atoms with van der Waals surface area (Å²) in [6.07, 6.45) is 0. The van der Waals surface area contributed by atoms with Crippen LogP contribution in [0.1, 0.15) is 0 Å². The molecule has 132 valence electrons. The van der Waals surface area contributed by atoms with Gasteiger partial charge in [-0.25, -0.2) is 4.90 Å². The van der Waals surface area contributed by atoms with E-state index in [1.165, 1.54) is 30.3 Å². The first-order valence-corrected chi connectivity index (χ1v) is 8.18. The molecule has 0 atom stereocenters. The van der Waals surface area contributed by atoms with Crippen molar-refractivity contribution in [2.24, 2.45) is 0 Å². The van der Waals surface area contributed by atoms with Crippen LogP contribution in [0.2, 0.25) is 10.0 Å². The smallest absolute Gasteiger partial charge is 0.283 e. The molecule has 3 rings (SSSR count). The summed E-state index contributed by atoms with van der Waals surface area (Å²) < 4.78 is 0. The van der Waals surface area contributed by atoms with Gasteiger partial charge in [0.25, 0.3) is 17.5 Å². The summed E-state index contributed by atoms with van der Waals surface area (Å²) >= 11 is 17.8. The molecule has 0 radical (unpaired) electrons. The molecule has 0 aliphatic carbocycles. The number of benzene rings is 2. The van der Waals surface area contributed by atoms with Crippen LogP contribution in [0.4, 0.5) is 17.1 Å². The summed E-state index contributed by atoms with van der Waals surface area (Å²) in [7, 11) is 0. The SMILES string of the molecule is O=C1C(Cl)=C(Nc2ccc(Cl)c(Cl)c2)C(=O)N1c1cccc([N+](=O)[O-])c1. The minimum Gasteiger partial charge on any atom is -0.350 e. The van der Waals surface area contributed by atoms with E-state index in [0.29, 0.717) is 10.7 Å². The van der Waals surface area contributed by atoms with Gasteiger partial charge in [-0.2, -0.15) is 0 Å². The van der Waals surface area contributed by atoms with Crippen LogP contribution < -0.4 is 10.2 Å². The predicted molar refractivity (Wildman–Crippen MR) is 98.6 cm³/mol. The summed E-state index contributed by atoms with van der Waals surface area (Å²) in [5.74, 6) is -1.54. The van der Waals surface area contributed by atoms with Gasteiger partial charge in [0.05, 0.1) is 20.7 Å². The molecule has 0 unspecified atom stereocenters. The highest BCUT2D eigenvalue weighted by Crippen LogP contribution is 2.33. The average Bonchev–Trinajstić information content (AvgIpc) is 2.81. The van der Waals surface area contributed by atoms with Crippen LogP contribution in [0.15, 0.2) is 53.2 Å². The van der Waals surface area contributed by atoms with Crippen molar-refractivity contribution in [1.82, 2.24) is 0 Å². The highest BCUT2D eigenvalue weighted by molar-refractivity contribution is 6.53. The fourth-order valence-corrected chi connectivity index (χ4v) is 2.82. The van der Waals surface area contributed by atoms with Crippen LogP contribution >= 0.6 is 34.8 Å². The van der Waals surface area contributed by atoms with Crippen molar-refractivity contribution >= 4 is 63.7 Å². The lowest BCUT2D eigenvalue weighted by Gasteiger charge is -2.15. The topological polar surface area (TPSA) is 92.6 Å². The molecule has 7 nitrogen and oxygen atoms in total. The molecule has 1 aliphatic rings. The minimum atomic E-state index is -0.792. The largest absolute Gasteiger partial charge is 0.350 e. The molecule has 2 aromatic rings. The molecule has 0 aromatic heterocycles. The predicted octanol–water partition coefficient (Wildman–Crippen LogP) is 4.34. The van der Waals surface area contributed by atoms with E-state index in [1.54, 1.807) is 6.07 Å². The molecule has 0 saturated carbocycles. The van der Waals surface area contributed by atoms with Crippen molar-refractivity contribution in [3.05, 3.63) is 73.4 Å². The van der Waals surface area contributed by atoms with Gasteiger partial charge in [-0.1, -0.05) is 40.9 Å². The zero-order valence-corrected chi connectivity index (χ0v) is 15.0. The molecule has 26 heavy (non-hydrogen) atoms. The Morgan fingerprint density at radius 2 is 1.69 bits per heavy atom. The van der Waals surface area contributed by atoms with Crippen LogP contribution in [-0.2, 0) is 9.59 Å². The molecule has 2 aromatic carbocycles. The molecule has 1 heterocycles. The Morgan fingerprint density at radius 1 is 0.962 bits per heavy atom. The third-order valence-electron chi connectivity index (χ3n) is 3.51. The van der Waals surface area contributed by atoms with Crippen molar-refractivity contribution < 1.29 is 14.5 Å². The zero-order valence-electron chi connectivity index (χ0n) is 12.7. The van der Waals surface area contributed by atoms with E-state index in [2.05, 4.69) is 5.32 Å². The second-order valence-corrected chi connectivity index (χ2v) is 6.36. The maximum Gasteiger partial charge on any atom is 0.283 e. The fourth-order valence-electron chi connectivity index (χ4n) is 2.31. The Labute approximate surface area is 161 Å². The number of nitrogens with one attached hydrogen (secondary N) is 1. The number of hydrogen-bond acceptors (Lipinski definition) is 5. The van der Waals surface area contributed by atoms with E-state index in [9.17, 15) is 19.7 Å². The van der Waals surface area contributed by atoms with Gasteiger partial charge in [-0.15, -0.1) is 0 Å². The Hall–Kier alpha value is -2.61. The molecule has 10 heteroatoms. The number of nitro groups is 1. The number of anilines is 2. The van der Waals surface area contributed by atoms with Gasteiger partial charge in [0.1, 0.15) is 10.7 Å². The number of imide groups is 1. The highest BCUT2D eigenvalue weighted by atomic mass is 35.5. The van der Waals surface area contributed by atoms with Gasteiger partial charge < -0.3 is 5.32 Å². The minimum absolute atomic E-state index is 0.0401. The summed E-state index contributed by atoms with van der Waals surface area (Å²) in [6, 6.07) is 9.66. The maximum atomic E-state index is 12.6. The van der Waals surface area contributed by atoms with Gasteiger partial charge in [0, 0.05) is 17.8 Å². The molecule has 0 spiro atoms. The number of rotatable bonds is 4. The molecule has 0 saturated heterocycles. The van der Waals surface area contributed by atoms with Gasteiger partial charge in [0.15, 0.2) is 0 Å². The number of nitro benzene ring substituents is 1. The molecular weight excluding hydrogens is 405 g/mol. The first-order valence-electron chi connectivity index (χ1n) is 7.04. The number of amides is 2. The van der Waals surface area contributed by atoms with Crippen LogP contribution in [0.25, 0.3) is 0 Å². The molecule has 1 N–H and O–H groups in total. The molecule has 0 bridgehead atoms. The summed E-state index contributed by atoms with van der Waals surface area (Å²) in [5, 5.41) is 13.9. The maximum absolute atomic E-state index is 12.6. The lowest BCUT2D eigenvalue weighted by atomic mass is 10.2. The monoisotopic (exact) mass is 411 g/mol. The van der Waals surface area contributed by atoms with E-state index in [4.69, 9.17) is 34.8 Å². The van der Waals surface area contributed by atoms with E-state index >= 15 is 0 Å². The first kappa shape index (κ1) is 18.2. The second kappa shape index (κ2) is 6.95. The Morgan fingerprint density at radius 3 is 2.35 bits per heavy atom. The highest BCUT2D eigenvalue weighted by Gasteiger charge is 2.39. The van der Waals surface area contributed by atoms with E-state index in [1.807, 2.05) is 0 Å². The molecule has 2 amide bonds. The van der Waals surface area contributed by atoms with E-state index in [0.717, 1.165) is 11.0 Å². The van der Waals surface area contributed by atoms with Gasteiger partial charge >= 0.3 is 0 Å². The molecular formula is C16H8Cl3N3O4. The average molecular weight is 413 g/mol. The normalized spacial score (nSPS) is 14.2. The molecule has 0 fully saturated rings. The van der Waals surface area contributed by atoms with Crippen molar-refractivity contribution in [3.63, 3.8) is 0 Å². The second-order valence-electron chi connectivity index (χ2n) is 5.17. The van der Waals surface area contributed by atoms with Gasteiger partial charge in [-0.05, 0) is 24.3 Å². The lowest BCUT2D eigenvalue weighted by molar-refractivity contribution is -0.384. The lowest BCUT2D eigenvalue weighted by Crippen LogP contribution is -2.32. The Balaban J connectivity index is 1.93. The van der Waals surface area contributed by atoms with E-state index in [-0.39, 0.29) is 27.1 Å². The van der Waals surface area contributed by atoms with Crippen LogP contribution in [0.5, 0.6) is 0 Å². The van der Waals surface area contributed by atoms with Crippen molar-refractivity contribution in [2.75, 3.05) is 10.2 Å². The first-order chi connectivity index (χ1) is 12.3. The summed E-state index contributed by atoms with van der Waals surface area (Å²) in [4.78, 5) is 36.1. The van der Waals surface area contributed by atoms with Crippen molar-refractivity contribution in [1.29, 1.82) is 0 Å². The van der Waals surface area contributed by atoms with Crippen molar-refractivity contribution in [3.8, 4) is 0 Å². The fraction of sp³-hybridized carbons (Fsp3) is 0. The number of carbonyl (C=O) groups is 2. The van der Waals surface area contributed by atoms with Gasteiger partial charge in [-0.3, -0.25) is 19.7 Å². The number of carbonyl (C=O) groups excluding carboxylic acids is 2. The van der Waals surface area contributed by atoms with Crippen LogP contribution in [0, 0.1) is 10.1 Å². The third-order valence-corrected chi connectivity index (χ3v) is 4.60. The number of halogens is 3.